The van der Waals surface area contributed by atoms with Crippen LogP contribution in [0.3, 0.4) is 0 Å². The first-order chi connectivity index (χ1) is 8.08. The van der Waals surface area contributed by atoms with Crippen LogP contribution in [0.25, 0.3) is 0 Å². The van der Waals surface area contributed by atoms with Crippen LogP contribution in [0.2, 0.25) is 0 Å². The summed E-state index contributed by atoms with van der Waals surface area (Å²) in [6, 6.07) is 3.33. The van der Waals surface area contributed by atoms with Gasteiger partial charge in [-0.15, -0.1) is 0 Å². The number of carbonyl (C=O) groups is 1. The van der Waals surface area contributed by atoms with E-state index in [4.69, 9.17) is 15.2 Å². The van der Waals surface area contributed by atoms with Gasteiger partial charge in [0.05, 0.1) is 19.9 Å². The quantitative estimate of drug-likeness (QED) is 0.834. The van der Waals surface area contributed by atoms with E-state index in [1.165, 1.54) is 0 Å². The highest BCUT2D eigenvalue weighted by atomic mass is 16.5. The Kier molecular flexibility index (Phi) is 2.93. The van der Waals surface area contributed by atoms with E-state index in [9.17, 15) is 4.79 Å². The Hall–Kier alpha value is -1.75. The summed E-state index contributed by atoms with van der Waals surface area (Å²) in [6.45, 7) is 0. The van der Waals surface area contributed by atoms with Crippen LogP contribution in [0.1, 0.15) is 18.0 Å². The first-order valence-electron chi connectivity index (χ1n) is 5.36. The van der Waals surface area contributed by atoms with Crippen molar-refractivity contribution in [1.29, 1.82) is 0 Å². The number of hydrogen-bond acceptors (Lipinski definition) is 4. The van der Waals surface area contributed by atoms with E-state index >= 15 is 0 Å². The molecule has 1 unspecified atom stereocenters. The zero-order valence-corrected chi connectivity index (χ0v) is 10.2. The summed E-state index contributed by atoms with van der Waals surface area (Å²) < 4.78 is 10.4. The molecule has 1 heterocycles. The summed E-state index contributed by atoms with van der Waals surface area (Å²) in [4.78, 5) is 13.3. The average Bonchev–Trinajstić information content (AvgIpc) is 2.34. The molecule has 5 nitrogen and oxygen atoms in total. The molecule has 1 aromatic rings. The summed E-state index contributed by atoms with van der Waals surface area (Å²) in [6.07, 6.45) is 0.318. The van der Waals surface area contributed by atoms with Gasteiger partial charge in [0.25, 0.3) is 0 Å². The molecular weight excluding hydrogens is 220 g/mol. The van der Waals surface area contributed by atoms with E-state index in [1.54, 1.807) is 32.2 Å². The van der Waals surface area contributed by atoms with Crippen molar-refractivity contribution in [3.63, 3.8) is 0 Å². The minimum atomic E-state index is -0.284. The van der Waals surface area contributed by atoms with Gasteiger partial charge in [0.2, 0.25) is 5.91 Å². The lowest BCUT2D eigenvalue weighted by Crippen LogP contribution is -2.35. The largest absolute Gasteiger partial charge is 0.493 e. The Morgan fingerprint density at radius 3 is 2.47 bits per heavy atom. The summed E-state index contributed by atoms with van der Waals surface area (Å²) in [5, 5.41) is 0. The van der Waals surface area contributed by atoms with E-state index in [-0.39, 0.29) is 11.9 Å². The molecule has 0 saturated carbocycles. The Morgan fingerprint density at radius 2 is 1.88 bits per heavy atom. The van der Waals surface area contributed by atoms with Crippen molar-refractivity contribution in [3.8, 4) is 11.5 Å². The highest BCUT2D eigenvalue weighted by molar-refractivity contribution is 5.97. The maximum absolute atomic E-state index is 11.7. The minimum Gasteiger partial charge on any atom is -0.493 e. The monoisotopic (exact) mass is 236 g/mol. The third-order valence-electron chi connectivity index (χ3n) is 3.06. The summed E-state index contributed by atoms with van der Waals surface area (Å²) in [5.41, 5.74) is 7.66. The first kappa shape index (κ1) is 11.7. The van der Waals surface area contributed by atoms with Gasteiger partial charge in [-0.3, -0.25) is 4.79 Å². The normalized spacial score (nSPS) is 18.9. The van der Waals surface area contributed by atoms with Crippen LogP contribution < -0.4 is 20.1 Å². The van der Waals surface area contributed by atoms with Crippen LogP contribution >= 0.6 is 0 Å². The van der Waals surface area contributed by atoms with E-state index in [0.29, 0.717) is 17.9 Å². The standard InChI is InChI=1S/C12H16N2O3/c1-14-9-6-11(17-3)10(16-2)4-7(9)8(13)5-12(14)15/h4,6,8H,5,13H2,1-3H3. The molecule has 0 saturated heterocycles. The third-order valence-corrected chi connectivity index (χ3v) is 3.06. The molecule has 1 amide bonds. The maximum atomic E-state index is 11.7. The molecule has 5 heteroatoms. The second-order valence-corrected chi connectivity index (χ2v) is 4.03. The summed E-state index contributed by atoms with van der Waals surface area (Å²) in [7, 11) is 4.88. The van der Waals surface area contributed by atoms with Crippen molar-refractivity contribution in [2.75, 3.05) is 26.2 Å². The number of amides is 1. The van der Waals surface area contributed by atoms with Crippen molar-refractivity contribution in [3.05, 3.63) is 17.7 Å². The Labute approximate surface area is 100 Å². The van der Waals surface area contributed by atoms with Gasteiger partial charge in [-0.1, -0.05) is 0 Å². The van der Waals surface area contributed by atoms with Crippen LogP contribution in [0.5, 0.6) is 11.5 Å². The summed E-state index contributed by atoms with van der Waals surface area (Å²) >= 11 is 0. The second-order valence-electron chi connectivity index (χ2n) is 4.03. The Bertz CT molecular complexity index is 459. The molecule has 0 aliphatic carbocycles. The Morgan fingerprint density at radius 1 is 1.29 bits per heavy atom. The Balaban J connectivity index is 2.58. The molecular formula is C12H16N2O3. The average molecular weight is 236 g/mol. The van der Waals surface area contributed by atoms with E-state index in [1.807, 2.05) is 6.07 Å². The molecule has 92 valence electrons. The van der Waals surface area contributed by atoms with Gasteiger partial charge >= 0.3 is 0 Å². The lowest BCUT2D eigenvalue weighted by molar-refractivity contribution is -0.119. The predicted octanol–water partition coefficient (Wildman–Crippen LogP) is 1.07. The van der Waals surface area contributed by atoms with Crippen LogP contribution in [-0.4, -0.2) is 27.2 Å². The van der Waals surface area contributed by atoms with Gasteiger partial charge in [0.15, 0.2) is 11.5 Å². The number of nitrogens with zero attached hydrogens (tertiary/aromatic N) is 1. The minimum absolute atomic E-state index is 0.0113. The number of anilines is 1. The lowest BCUT2D eigenvalue weighted by Gasteiger charge is -2.30. The molecule has 17 heavy (non-hydrogen) atoms. The molecule has 0 radical (unpaired) electrons. The zero-order valence-electron chi connectivity index (χ0n) is 10.2. The molecule has 2 N–H and O–H groups in total. The van der Waals surface area contributed by atoms with E-state index in [2.05, 4.69) is 0 Å². The number of carbonyl (C=O) groups excluding carboxylic acids is 1. The topological polar surface area (TPSA) is 64.8 Å². The SMILES string of the molecule is COc1cc2c(cc1OC)N(C)C(=O)CC2N. The van der Waals surface area contributed by atoms with Crippen LogP contribution in [0.15, 0.2) is 12.1 Å². The van der Waals surface area contributed by atoms with Gasteiger partial charge in [-0.2, -0.15) is 0 Å². The maximum Gasteiger partial charge on any atom is 0.228 e. The molecule has 2 rings (SSSR count). The molecule has 1 atom stereocenters. The number of ether oxygens (including phenoxy) is 2. The number of benzene rings is 1. The van der Waals surface area contributed by atoms with Crippen molar-refractivity contribution >= 4 is 11.6 Å². The molecule has 0 fully saturated rings. The van der Waals surface area contributed by atoms with Crippen LogP contribution in [-0.2, 0) is 4.79 Å². The zero-order chi connectivity index (χ0) is 12.6. The number of hydrogen-bond donors (Lipinski definition) is 1. The fraction of sp³-hybridized carbons (Fsp3) is 0.417. The molecule has 1 aliphatic heterocycles. The lowest BCUT2D eigenvalue weighted by atomic mass is 9.96. The smallest absolute Gasteiger partial charge is 0.228 e. The third kappa shape index (κ3) is 1.82. The fourth-order valence-corrected chi connectivity index (χ4v) is 2.04. The van der Waals surface area contributed by atoms with Gasteiger partial charge in [0.1, 0.15) is 0 Å². The second kappa shape index (κ2) is 4.25. The molecule has 0 bridgehead atoms. The molecule has 0 aromatic heterocycles. The number of rotatable bonds is 2. The van der Waals surface area contributed by atoms with E-state index < -0.39 is 0 Å². The van der Waals surface area contributed by atoms with Crippen molar-refractivity contribution < 1.29 is 14.3 Å². The van der Waals surface area contributed by atoms with Crippen molar-refractivity contribution in [2.45, 2.75) is 12.5 Å². The highest BCUT2D eigenvalue weighted by Gasteiger charge is 2.28. The number of nitrogens with two attached hydrogens (primary N) is 1. The van der Waals surface area contributed by atoms with Crippen LogP contribution in [0.4, 0.5) is 5.69 Å². The number of fused-ring (bicyclic) bond motifs is 1. The molecule has 1 aromatic carbocycles. The van der Waals surface area contributed by atoms with Gasteiger partial charge in [0, 0.05) is 25.6 Å². The van der Waals surface area contributed by atoms with E-state index in [0.717, 1.165) is 11.3 Å². The van der Waals surface area contributed by atoms with Gasteiger partial charge < -0.3 is 20.1 Å². The van der Waals surface area contributed by atoms with Crippen molar-refractivity contribution in [1.82, 2.24) is 0 Å². The molecule has 1 aliphatic rings. The van der Waals surface area contributed by atoms with Crippen molar-refractivity contribution in [2.24, 2.45) is 5.73 Å². The fourth-order valence-electron chi connectivity index (χ4n) is 2.04. The highest BCUT2D eigenvalue weighted by Crippen LogP contribution is 2.40. The predicted molar refractivity (Wildman–Crippen MR) is 64.5 cm³/mol. The summed E-state index contributed by atoms with van der Waals surface area (Å²) in [5.74, 6) is 1.24. The molecule has 0 spiro atoms. The first-order valence-corrected chi connectivity index (χ1v) is 5.36. The van der Waals surface area contributed by atoms with Gasteiger partial charge in [-0.25, -0.2) is 0 Å². The van der Waals surface area contributed by atoms with Gasteiger partial charge in [-0.05, 0) is 11.6 Å². The number of methoxy groups -OCH3 is 2. The van der Waals surface area contributed by atoms with Crippen LogP contribution in [0, 0.1) is 0 Å².